The molecule has 0 bridgehead atoms. The van der Waals surface area contributed by atoms with E-state index in [4.69, 9.17) is 21.8 Å². The number of halogens is 2. The summed E-state index contributed by atoms with van der Waals surface area (Å²) in [7, 11) is 0. The number of hydrogen-bond donors (Lipinski definition) is 2. The highest BCUT2D eigenvalue weighted by atomic mass is 35.5. The average Bonchev–Trinajstić information content (AvgIpc) is 2.96. The maximum absolute atomic E-state index is 13.4. The summed E-state index contributed by atoms with van der Waals surface area (Å²) in [6, 6.07) is 10.2. The van der Waals surface area contributed by atoms with Gasteiger partial charge in [0.25, 0.3) is 0 Å². The molecule has 0 fully saturated rings. The lowest BCUT2D eigenvalue weighted by molar-refractivity contribution is 0.292. The molecule has 2 aromatic heterocycles. The third-order valence-corrected chi connectivity index (χ3v) is 4.44. The molecule has 0 aliphatic heterocycles. The van der Waals surface area contributed by atoms with Crippen LogP contribution >= 0.6 is 11.6 Å². The zero-order chi connectivity index (χ0) is 18.0. The number of fused-ring (bicyclic) bond motifs is 1. The molecule has 0 unspecified atom stereocenters. The molecule has 3 rings (SSSR count). The van der Waals surface area contributed by atoms with Crippen LogP contribution in [0.25, 0.3) is 16.6 Å². The van der Waals surface area contributed by atoms with Crippen molar-refractivity contribution in [1.82, 2.24) is 14.9 Å². The molecule has 0 saturated heterocycles. The lowest BCUT2D eigenvalue weighted by Gasteiger charge is -2.19. The number of aliphatic hydroxyl groups is 1. The van der Waals surface area contributed by atoms with E-state index in [1.54, 1.807) is 16.6 Å². The van der Waals surface area contributed by atoms with E-state index < -0.39 is 0 Å². The summed E-state index contributed by atoms with van der Waals surface area (Å²) in [5.41, 5.74) is 4.73. The summed E-state index contributed by atoms with van der Waals surface area (Å²) in [6.45, 7) is 5.28. The van der Waals surface area contributed by atoms with Crippen LogP contribution in [0.1, 0.15) is 31.0 Å². The Balaban J connectivity index is 2.28. The first-order valence-corrected chi connectivity index (χ1v) is 8.68. The predicted octanol–water partition coefficient (Wildman–Crippen LogP) is 4.00. The largest absolute Gasteiger partial charge is 0.395 e. The first kappa shape index (κ1) is 17.9. The molecule has 0 amide bonds. The van der Waals surface area contributed by atoms with Gasteiger partial charge in [0.15, 0.2) is 0 Å². The van der Waals surface area contributed by atoms with E-state index in [-0.39, 0.29) is 18.3 Å². The van der Waals surface area contributed by atoms with Crippen LogP contribution in [0.2, 0.25) is 5.15 Å². The van der Waals surface area contributed by atoms with Gasteiger partial charge in [-0.1, -0.05) is 37.6 Å². The Labute approximate surface area is 151 Å². The van der Waals surface area contributed by atoms with Gasteiger partial charge < -0.3 is 10.4 Å². The Kier molecular flexibility index (Phi) is 5.37. The van der Waals surface area contributed by atoms with Gasteiger partial charge in [-0.05, 0) is 41.3 Å². The van der Waals surface area contributed by atoms with E-state index in [2.05, 4.69) is 19.2 Å². The molecule has 2 N–H and O–H groups in total. The minimum Gasteiger partial charge on any atom is -0.395 e. The summed E-state index contributed by atoms with van der Waals surface area (Å²) >= 11 is 6.30. The maximum Gasteiger partial charge on any atom is 0.131 e. The molecule has 0 spiro atoms. The van der Waals surface area contributed by atoms with E-state index in [0.29, 0.717) is 18.2 Å². The number of benzene rings is 1. The fraction of sp³-hybridized carbons (Fsp3) is 0.316. The highest BCUT2D eigenvalue weighted by Crippen LogP contribution is 2.34. The fourth-order valence-electron chi connectivity index (χ4n) is 3.02. The van der Waals surface area contributed by atoms with Gasteiger partial charge in [0.2, 0.25) is 0 Å². The Morgan fingerprint density at radius 2 is 1.92 bits per heavy atom. The van der Waals surface area contributed by atoms with Crippen LogP contribution in [-0.2, 0) is 6.54 Å². The average molecular weight is 362 g/mol. The number of rotatable bonds is 6. The molecule has 132 valence electrons. The molecule has 1 aromatic carbocycles. The lowest BCUT2D eigenvalue weighted by atomic mass is 9.94. The second-order valence-corrected chi connectivity index (χ2v) is 6.64. The van der Waals surface area contributed by atoms with Gasteiger partial charge in [-0.25, -0.2) is 8.91 Å². The van der Waals surface area contributed by atoms with Gasteiger partial charge in [-0.2, -0.15) is 5.10 Å². The monoisotopic (exact) mass is 361 g/mol. The van der Waals surface area contributed by atoms with Crippen LogP contribution in [0.15, 0.2) is 36.4 Å². The minimum atomic E-state index is -0.272. The normalized spacial score (nSPS) is 11.6. The Morgan fingerprint density at radius 1 is 1.20 bits per heavy atom. The number of nitrogens with zero attached hydrogens (tertiary/aromatic N) is 2. The number of nitrogens with one attached hydrogen (secondary N) is 1. The lowest BCUT2D eigenvalue weighted by Crippen LogP contribution is -2.20. The first-order valence-electron chi connectivity index (χ1n) is 8.30. The van der Waals surface area contributed by atoms with Crippen LogP contribution < -0.4 is 5.32 Å². The summed E-state index contributed by atoms with van der Waals surface area (Å²) in [5, 5.41) is 17.6. The van der Waals surface area contributed by atoms with E-state index >= 15 is 0 Å². The van der Waals surface area contributed by atoms with Crippen LogP contribution in [0, 0.1) is 5.82 Å². The molecule has 2 heterocycles. The smallest absolute Gasteiger partial charge is 0.131 e. The van der Waals surface area contributed by atoms with Crippen molar-refractivity contribution in [3.05, 3.63) is 58.6 Å². The van der Waals surface area contributed by atoms with Crippen molar-refractivity contribution in [3.63, 3.8) is 0 Å². The zero-order valence-corrected chi connectivity index (χ0v) is 15.0. The molecule has 3 aromatic rings. The van der Waals surface area contributed by atoms with E-state index in [9.17, 15) is 4.39 Å². The van der Waals surface area contributed by atoms with Crippen LogP contribution in [0.3, 0.4) is 0 Å². The van der Waals surface area contributed by atoms with Crippen molar-refractivity contribution < 1.29 is 9.50 Å². The van der Waals surface area contributed by atoms with Crippen molar-refractivity contribution in [2.24, 2.45) is 0 Å². The van der Waals surface area contributed by atoms with Crippen molar-refractivity contribution in [1.29, 1.82) is 0 Å². The van der Waals surface area contributed by atoms with Gasteiger partial charge >= 0.3 is 0 Å². The van der Waals surface area contributed by atoms with Crippen LogP contribution in [0.4, 0.5) is 4.39 Å². The van der Waals surface area contributed by atoms with E-state index in [1.165, 1.54) is 12.1 Å². The Morgan fingerprint density at radius 3 is 2.56 bits per heavy atom. The minimum absolute atomic E-state index is 0.0650. The third kappa shape index (κ3) is 3.54. The molecular weight excluding hydrogens is 341 g/mol. The molecule has 0 saturated carbocycles. The Hall–Kier alpha value is -1.95. The Bertz CT molecular complexity index is 875. The van der Waals surface area contributed by atoms with Crippen molar-refractivity contribution in [2.45, 2.75) is 26.3 Å². The number of aromatic nitrogens is 2. The topological polar surface area (TPSA) is 49.6 Å². The summed E-state index contributed by atoms with van der Waals surface area (Å²) < 4.78 is 15.1. The molecular formula is C19H21ClFN3O. The van der Waals surface area contributed by atoms with Crippen LogP contribution in [0.5, 0.6) is 0 Å². The molecule has 25 heavy (non-hydrogen) atoms. The molecule has 4 nitrogen and oxygen atoms in total. The first-order chi connectivity index (χ1) is 12.0. The third-order valence-electron chi connectivity index (χ3n) is 4.15. The predicted molar refractivity (Wildman–Crippen MR) is 98.5 cm³/mol. The van der Waals surface area contributed by atoms with E-state index in [1.807, 2.05) is 12.1 Å². The number of hydrogen-bond acceptors (Lipinski definition) is 3. The van der Waals surface area contributed by atoms with Crippen molar-refractivity contribution >= 4 is 17.1 Å². The molecule has 0 atom stereocenters. The summed E-state index contributed by atoms with van der Waals surface area (Å²) in [6.07, 6.45) is 0. The molecule has 6 heteroatoms. The summed E-state index contributed by atoms with van der Waals surface area (Å²) in [5.74, 6) is -0.0840. The van der Waals surface area contributed by atoms with Crippen LogP contribution in [-0.4, -0.2) is 27.9 Å². The van der Waals surface area contributed by atoms with Gasteiger partial charge in [-0.15, -0.1) is 0 Å². The zero-order valence-electron chi connectivity index (χ0n) is 14.3. The van der Waals surface area contributed by atoms with E-state index in [0.717, 1.165) is 27.9 Å². The number of aliphatic hydroxyl groups excluding tert-OH is 1. The highest BCUT2D eigenvalue weighted by molar-refractivity contribution is 6.30. The van der Waals surface area contributed by atoms with Gasteiger partial charge in [-0.3, -0.25) is 0 Å². The molecule has 0 aliphatic carbocycles. The molecule has 0 radical (unpaired) electrons. The second kappa shape index (κ2) is 7.52. The van der Waals surface area contributed by atoms with Crippen molar-refractivity contribution in [3.8, 4) is 11.1 Å². The van der Waals surface area contributed by atoms with Gasteiger partial charge in [0, 0.05) is 18.7 Å². The molecule has 0 aliphatic rings. The quantitative estimate of drug-likeness (QED) is 0.652. The van der Waals surface area contributed by atoms with Gasteiger partial charge in [0.1, 0.15) is 11.0 Å². The second-order valence-electron chi connectivity index (χ2n) is 6.25. The SMILES string of the molecule is CC(C)c1nn2c(Cl)ccc2c(-c2ccc(F)cc2)c1CNCCO. The standard InChI is InChI=1S/C19H21ClFN3O/c1-12(2)19-15(11-22-9-10-25)18(13-3-5-14(21)6-4-13)16-7-8-17(20)24(16)23-19/h3-8,12,22,25H,9-11H2,1-2H3. The maximum atomic E-state index is 13.4. The highest BCUT2D eigenvalue weighted by Gasteiger charge is 2.20. The van der Waals surface area contributed by atoms with Gasteiger partial charge in [0.05, 0.1) is 17.8 Å². The van der Waals surface area contributed by atoms with Crippen molar-refractivity contribution in [2.75, 3.05) is 13.2 Å². The summed E-state index contributed by atoms with van der Waals surface area (Å²) in [4.78, 5) is 0. The fourth-order valence-corrected chi connectivity index (χ4v) is 3.21.